The molecule has 0 unspecified atom stereocenters. The Morgan fingerprint density at radius 3 is 1.68 bits per heavy atom. The van der Waals surface area contributed by atoms with Crippen LogP contribution in [-0.4, -0.2) is 17.9 Å². The highest BCUT2D eigenvalue weighted by Crippen LogP contribution is 2.31. The molecule has 6 rings (SSSR count). The number of rotatable bonds is 11. The van der Waals surface area contributed by atoms with Crippen molar-refractivity contribution < 1.29 is 19.1 Å². The fraction of sp³-hybridized carbons (Fsp3) is 0.105. The van der Waals surface area contributed by atoms with Gasteiger partial charge in [0.15, 0.2) is 11.5 Å². The van der Waals surface area contributed by atoms with Gasteiger partial charge in [0.25, 0.3) is 5.91 Å². The molecule has 218 valence electrons. The standard InChI is InChI=1S/C38H32N2O4/c39-37(41)33(40-38(42)36-31-17-9-7-15-29(31)23-30-16-8-10-18-32(30)36)21-28-19-20-34(43-24-26-11-3-1-4-12-26)35(22-28)44-25-27-13-5-2-6-14-27/h1-20,22-23,33H,21,24-25H2,(H2,39,41)(H,40,42)/t33-/m1/s1. The van der Waals surface area contributed by atoms with Gasteiger partial charge in [0.05, 0.1) is 5.56 Å². The molecule has 0 heterocycles. The van der Waals surface area contributed by atoms with Crippen LogP contribution in [0.1, 0.15) is 27.0 Å². The average Bonchev–Trinajstić information content (AvgIpc) is 3.06. The van der Waals surface area contributed by atoms with Gasteiger partial charge in [-0.25, -0.2) is 0 Å². The summed E-state index contributed by atoms with van der Waals surface area (Å²) in [6, 6.07) is 41.9. The number of hydrogen-bond donors (Lipinski definition) is 2. The molecule has 2 amide bonds. The molecule has 6 aromatic rings. The van der Waals surface area contributed by atoms with Gasteiger partial charge in [-0.3, -0.25) is 9.59 Å². The molecule has 0 bridgehead atoms. The van der Waals surface area contributed by atoms with Crippen molar-refractivity contribution in [3.63, 3.8) is 0 Å². The van der Waals surface area contributed by atoms with Gasteiger partial charge in [-0.15, -0.1) is 0 Å². The molecule has 44 heavy (non-hydrogen) atoms. The third-order valence-electron chi connectivity index (χ3n) is 7.57. The van der Waals surface area contributed by atoms with Crippen molar-refractivity contribution in [1.82, 2.24) is 5.32 Å². The molecular formula is C38H32N2O4. The number of carbonyl (C=O) groups excluding carboxylic acids is 2. The van der Waals surface area contributed by atoms with E-state index in [1.165, 1.54) is 0 Å². The summed E-state index contributed by atoms with van der Waals surface area (Å²) in [6.45, 7) is 0.719. The lowest BCUT2D eigenvalue weighted by molar-refractivity contribution is -0.119. The Labute approximate surface area is 256 Å². The van der Waals surface area contributed by atoms with E-state index in [2.05, 4.69) is 11.4 Å². The maximum Gasteiger partial charge on any atom is 0.253 e. The van der Waals surface area contributed by atoms with Crippen molar-refractivity contribution in [1.29, 1.82) is 0 Å². The van der Waals surface area contributed by atoms with Crippen LogP contribution in [0.2, 0.25) is 0 Å². The number of nitrogens with two attached hydrogens (primary N) is 1. The summed E-state index contributed by atoms with van der Waals surface area (Å²) in [5.74, 6) is 0.136. The number of amides is 2. The Hall–Kier alpha value is -5.62. The summed E-state index contributed by atoms with van der Waals surface area (Å²) in [5, 5.41) is 6.42. The smallest absolute Gasteiger partial charge is 0.253 e. The minimum Gasteiger partial charge on any atom is -0.485 e. The van der Waals surface area contributed by atoms with Crippen LogP contribution in [0.3, 0.4) is 0 Å². The van der Waals surface area contributed by atoms with Gasteiger partial charge >= 0.3 is 0 Å². The van der Waals surface area contributed by atoms with Gasteiger partial charge < -0.3 is 20.5 Å². The zero-order valence-electron chi connectivity index (χ0n) is 24.1. The molecule has 0 aromatic heterocycles. The number of ether oxygens (including phenoxy) is 2. The highest BCUT2D eigenvalue weighted by Gasteiger charge is 2.23. The number of nitrogens with one attached hydrogen (secondary N) is 1. The van der Waals surface area contributed by atoms with E-state index >= 15 is 0 Å². The summed E-state index contributed by atoms with van der Waals surface area (Å²) < 4.78 is 12.3. The molecule has 3 N–H and O–H groups in total. The van der Waals surface area contributed by atoms with Crippen LogP contribution in [0.15, 0.2) is 133 Å². The van der Waals surface area contributed by atoms with Crippen molar-refractivity contribution >= 4 is 33.4 Å². The number of fused-ring (bicyclic) bond motifs is 2. The topological polar surface area (TPSA) is 90.7 Å². The molecule has 0 aliphatic heterocycles. The molecule has 6 nitrogen and oxygen atoms in total. The minimum atomic E-state index is -0.946. The van der Waals surface area contributed by atoms with E-state index in [9.17, 15) is 9.59 Å². The minimum absolute atomic E-state index is 0.185. The Bertz CT molecular complexity index is 1870. The lowest BCUT2D eigenvalue weighted by Gasteiger charge is -2.19. The average molecular weight is 581 g/mol. The van der Waals surface area contributed by atoms with Crippen LogP contribution in [0.25, 0.3) is 21.5 Å². The molecule has 1 atom stereocenters. The third kappa shape index (κ3) is 6.55. The van der Waals surface area contributed by atoms with Gasteiger partial charge in [-0.2, -0.15) is 0 Å². The molecule has 0 saturated heterocycles. The summed E-state index contributed by atoms with van der Waals surface area (Å²) in [5.41, 5.74) is 9.17. The van der Waals surface area contributed by atoms with E-state index in [1.54, 1.807) is 0 Å². The Morgan fingerprint density at radius 1 is 0.591 bits per heavy atom. The molecule has 0 fully saturated rings. The van der Waals surface area contributed by atoms with Gasteiger partial charge in [0.2, 0.25) is 5.91 Å². The molecule has 0 spiro atoms. The first-order chi connectivity index (χ1) is 21.5. The number of benzene rings is 6. The molecule has 0 radical (unpaired) electrons. The lowest BCUT2D eigenvalue weighted by atomic mass is 9.95. The first-order valence-electron chi connectivity index (χ1n) is 14.5. The van der Waals surface area contributed by atoms with Crippen LogP contribution in [0, 0.1) is 0 Å². The maximum atomic E-state index is 13.8. The van der Waals surface area contributed by atoms with Crippen molar-refractivity contribution in [3.05, 3.63) is 156 Å². The van der Waals surface area contributed by atoms with E-state index in [1.807, 2.05) is 127 Å². The molecular weight excluding hydrogens is 548 g/mol. The lowest BCUT2D eigenvalue weighted by Crippen LogP contribution is -2.46. The van der Waals surface area contributed by atoms with Crippen molar-refractivity contribution in [2.45, 2.75) is 25.7 Å². The van der Waals surface area contributed by atoms with Crippen molar-refractivity contribution in [2.75, 3.05) is 0 Å². The number of primary amides is 1. The Kier molecular flexibility index (Phi) is 8.50. The van der Waals surface area contributed by atoms with Crippen LogP contribution in [-0.2, 0) is 24.4 Å². The largest absolute Gasteiger partial charge is 0.485 e. The second-order valence-electron chi connectivity index (χ2n) is 10.7. The predicted octanol–water partition coefficient (Wildman–Crippen LogP) is 6.98. The summed E-state index contributed by atoms with van der Waals surface area (Å²) in [7, 11) is 0. The second-order valence-corrected chi connectivity index (χ2v) is 10.7. The van der Waals surface area contributed by atoms with Crippen molar-refractivity contribution in [3.8, 4) is 11.5 Å². The van der Waals surface area contributed by atoms with Gasteiger partial charge in [0.1, 0.15) is 19.3 Å². The zero-order valence-corrected chi connectivity index (χ0v) is 24.1. The summed E-state index contributed by atoms with van der Waals surface area (Å²) in [4.78, 5) is 26.5. The quantitative estimate of drug-likeness (QED) is 0.162. The second kappa shape index (κ2) is 13.1. The highest BCUT2D eigenvalue weighted by molar-refractivity contribution is 6.18. The summed E-state index contributed by atoms with van der Waals surface area (Å²) >= 11 is 0. The van der Waals surface area contributed by atoms with Gasteiger partial charge in [-0.05, 0) is 56.4 Å². The fourth-order valence-corrected chi connectivity index (χ4v) is 5.33. The van der Waals surface area contributed by atoms with E-state index in [4.69, 9.17) is 15.2 Å². The maximum absolute atomic E-state index is 13.8. The first kappa shape index (κ1) is 28.5. The molecule has 0 aliphatic carbocycles. The Balaban J connectivity index is 1.26. The normalized spacial score (nSPS) is 11.6. The first-order valence-corrected chi connectivity index (χ1v) is 14.5. The number of hydrogen-bond acceptors (Lipinski definition) is 4. The molecule has 0 aliphatic rings. The van der Waals surface area contributed by atoms with E-state index in [-0.39, 0.29) is 12.3 Å². The summed E-state index contributed by atoms with van der Waals surface area (Å²) in [6.07, 6.45) is 0.185. The third-order valence-corrected chi connectivity index (χ3v) is 7.57. The van der Waals surface area contributed by atoms with E-state index < -0.39 is 11.9 Å². The fourth-order valence-electron chi connectivity index (χ4n) is 5.33. The zero-order chi connectivity index (χ0) is 30.3. The van der Waals surface area contributed by atoms with Gasteiger partial charge in [-0.1, -0.05) is 115 Å². The van der Waals surface area contributed by atoms with Crippen molar-refractivity contribution in [2.24, 2.45) is 5.73 Å². The highest BCUT2D eigenvalue weighted by atomic mass is 16.5. The van der Waals surface area contributed by atoms with Crippen LogP contribution in [0.5, 0.6) is 11.5 Å². The van der Waals surface area contributed by atoms with Crippen LogP contribution in [0.4, 0.5) is 0 Å². The molecule has 6 heteroatoms. The van der Waals surface area contributed by atoms with Gasteiger partial charge in [0, 0.05) is 6.42 Å². The predicted molar refractivity (Wildman–Crippen MR) is 174 cm³/mol. The Morgan fingerprint density at radius 2 is 1.11 bits per heavy atom. The molecule has 6 aromatic carbocycles. The monoisotopic (exact) mass is 580 g/mol. The van der Waals surface area contributed by atoms with E-state index in [0.29, 0.717) is 30.3 Å². The van der Waals surface area contributed by atoms with E-state index in [0.717, 1.165) is 38.2 Å². The van der Waals surface area contributed by atoms with Crippen LogP contribution < -0.4 is 20.5 Å². The van der Waals surface area contributed by atoms with Crippen LogP contribution >= 0.6 is 0 Å². The number of carbonyl (C=O) groups is 2. The molecule has 0 saturated carbocycles. The SMILES string of the molecule is NC(=O)[C@@H](Cc1ccc(OCc2ccccc2)c(OCc2ccccc2)c1)NC(=O)c1c2ccccc2cc2ccccc12.